The predicted octanol–water partition coefficient (Wildman–Crippen LogP) is 4.60. The van der Waals surface area contributed by atoms with Gasteiger partial charge in [0.2, 0.25) is 5.91 Å². The molecule has 0 aliphatic heterocycles. The van der Waals surface area contributed by atoms with Crippen molar-refractivity contribution >= 4 is 34.0 Å². The molecule has 0 aromatic carbocycles. The van der Waals surface area contributed by atoms with Gasteiger partial charge in [0, 0.05) is 16.5 Å². The molecule has 0 radical (unpaired) electrons. The molecule has 4 nitrogen and oxygen atoms in total. The van der Waals surface area contributed by atoms with Crippen LogP contribution in [0.4, 0.5) is 18.9 Å². The largest absolute Gasteiger partial charge is 0.425 e. The van der Waals surface area contributed by atoms with Crippen LogP contribution in [0.3, 0.4) is 0 Å². The molecule has 0 aliphatic rings. The molecule has 0 saturated carbocycles. The van der Waals surface area contributed by atoms with E-state index in [9.17, 15) is 18.0 Å². The Labute approximate surface area is 145 Å². The van der Waals surface area contributed by atoms with Crippen molar-refractivity contribution in [3.05, 3.63) is 58.6 Å². The standard InChI is InChI=1S/C17H14F3N3OS/c1-3-15(24)22-11-6-13-10(2)8-23(16(13)21-7-11)9-12-4-5-14(25-12)17(18,19)20/h3-8H,1,9H2,2H3,(H,22,24). The number of aromatic nitrogens is 2. The average molecular weight is 365 g/mol. The zero-order chi connectivity index (χ0) is 18.2. The van der Waals surface area contributed by atoms with Crippen LogP contribution in [-0.4, -0.2) is 15.5 Å². The summed E-state index contributed by atoms with van der Waals surface area (Å²) in [6, 6.07) is 4.35. The van der Waals surface area contributed by atoms with Gasteiger partial charge < -0.3 is 9.88 Å². The number of nitrogens with zero attached hydrogens (tertiary/aromatic N) is 2. The van der Waals surface area contributed by atoms with Crippen LogP contribution in [0.15, 0.2) is 43.2 Å². The average Bonchev–Trinajstić information content (AvgIpc) is 3.13. The Bertz CT molecular complexity index is 956. The molecule has 0 aliphatic carbocycles. The van der Waals surface area contributed by atoms with Gasteiger partial charge >= 0.3 is 6.18 Å². The molecule has 0 unspecified atom stereocenters. The number of hydrogen-bond donors (Lipinski definition) is 1. The topological polar surface area (TPSA) is 46.9 Å². The van der Waals surface area contributed by atoms with Crippen molar-refractivity contribution < 1.29 is 18.0 Å². The van der Waals surface area contributed by atoms with Crippen LogP contribution in [0.2, 0.25) is 0 Å². The minimum absolute atomic E-state index is 0.302. The number of rotatable bonds is 4. The summed E-state index contributed by atoms with van der Waals surface area (Å²) >= 11 is 0.725. The molecule has 1 N–H and O–H groups in total. The molecular weight excluding hydrogens is 351 g/mol. The maximum Gasteiger partial charge on any atom is 0.425 e. The minimum Gasteiger partial charge on any atom is -0.327 e. The minimum atomic E-state index is -4.33. The van der Waals surface area contributed by atoms with E-state index in [2.05, 4.69) is 16.9 Å². The zero-order valence-corrected chi connectivity index (χ0v) is 14.0. The number of thiophene rings is 1. The summed E-state index contributed by atoms with van der Waals surface area (Å²) in [6.07, 6.45) is 0.185. The van der Waals surface area contributed by atoms with Crippen LogP contribution in [0.1, 0.15) is 15.3 Å². The van der Waals surface area contributed by atoms with E-state index in [0.717, 1.165) is 34.4 Å². The smallest absolute Gasteiger partial charge is 0.327 e. The van der Waals surface area contributed by atoms with Crippen LogP contribution in [-0.2, 0) is 17.5 Å². The van der Waals surface area contributed by atoms with Gasteiger partial charge in [-0.15, -0.1) is 11.3 Å². The Hall–Kier alpha value is -2.61. The normalized spacial score (nSPS) is 11.7. The molecule has 8 heteroatoms. The van der Waals surface area contributed by atoms with E-state index in [1.165, 1.54) is 12.3 Å². The fourth-order valence-corrected chi connectivity index (χ4v) is 3.38. The molecule has 0 bridgehead atoms. The number of fused-ring (bicyclic) bond motifs is 1. The van der Waals surface area contributed by atoms with E-state index in [1.807, 2.05) is 13.1 Å². The van der Waals surface area contributed by atoms with Crippen molar-refractivity contribution in [2.24, 2.45) is 0 Å². The quantitative estimate of drug-likeness (QED) is 0.687. The molecule has 3 rings (SSSR count). The second-order valence-electron chi connectivity index (χ2n) is 5.49. The van der Waals surface area contributed by atoms with E-state index >= 15 is 0 Å². The van der Waals surface area contributed by atoms with Gasteiger partial charge in [0.05, 0.1) is 18.4 Å². The highest BCUT2D eigenvalue weighted by Crippen LogP contribution is 2.35. The first-order valence-electron chi connectivity index (χ1n) is 7.33. The zero-order valence-electron chi connectivity index (χ0n) is 13.2. The lowest BCUT2D eigenvalue weighted by Crippen LogP contribution is -2.07. The lowest BCUT2D eigenvalue weighted by molar-refractivity contribution is -0.134. The van der Waals surface area contributed by atoms with Crippen molar-refractivity contribution in [1.29, 1.82) is 0 Å². The number of carbonyl (C=O) groups excluding carboxylic acids is 1. The summed E-state index contributed by atoms with van der Waals surface area (Å²) in [7, 11) is 0. The molecule has 1 amide bonds. The third-order valence-electron chi connectivity index (χ3n) is 3.63. The molecule has 25 heavy (non-hydrogen) atoms. The first-order chi connectivity index (χ1) is 11.8. The molecule has 3 aromatic rings. The van der Waals surface area contributed by atoms with E-state index in [0.29, 0.717) is 22.8 Å². The first-order valence-corrected chi connectivity index (χ1v) is 8.14. The third kappa shape index (κ3) is 3.58. The van der Waals surface area contributed by atoms with Crippen LogP contribution in [0, 0.1) is 6.92 Å². The van der Waals surface area contributed by atoms with Crippen molar-refractivity contribution in [1.82, 2.24) is 9.55 Å². The van der Waals surface area contributed by atoms with Gasteiger partial charge in [-0.3, -0.25) is 4.79 Å². The number of carbonyl (C=O) groups is 1. The summed E-state index contributed by atoms with van der Waals surface area (Å²) in [6.45, 7) is 5.58. The Kier molecular flexibility index (Phi) is 4.38. The summed E-state index contributed by atoms with van der Waals surface area (Å²) in [5.74, 6) is -0.337. The van der Waals surface area contributed by atoms with Gasteiger partial charge in [-0.2, -0.15) is 13.2 Å². The fraction of sp³-hybridized carbons (Fsp3) is 0.176. The molecule has 3 aromatic heterocycles. The number of amides is 1. The highest BCUT2D eigenvalue weighted by atomic mass is 32.1. The molecule has 0 atom stereocenters. The fourth-order valence-electron chi connectivity index (χ4n) is 2.51. The maximum absolute atomic E-state index is 12.7. The van der Waals surface area contributed by atoms with Gasteiger partial charge in [-0.1, -0.05) is 6.58 Å². The van der Waals surface area contributed by atoms with Crippen molar-refractivity contribution in [2.45, 2.75) is 19.6 Å². The Morgan fingerprint density at radius 2 is 2.20 bits per heavy atom. The SMILES string of the molecule is C=CC(=O)Nc1cnc2c(c1)c(C)cn2Cc1ccc(C(F)(F)F)s1. The van der Waals surface area contributed by atoms with Crippen molar-refractivity contribution in [3.8, 4) is 0 Å². The van der Waals surface area contributed by atoms with Gasteiger partial charge in [0.1, 0.15) is 10.5 Å². The number of alkyl halides is 3. The lowest BCUT2D eigenvalue weighted by Gasteiger charge is -2.05. The van der Waals surface area contributed by atoms with E-state index in [4.69, 9.17) is 0 Å². The molecule has 130 valence electrons. The predicted molar refractivity (Wildman–Crippen MR) is 91.7 cm³/mol. The Balaban J connectivity index is 1.91. The number of pyridine rings is 1. The summed E-state index contributed by atoms with van der Waals surface area (Å²) < 4.78 is 40.0. The van der Waals surface area contributed by atoms with Crippen molar-refractivity contribution in [3.63, 3.8) is 0 Å². The molecule has 0 fully saturated rings. The highest BCUT2D eigenvalue weighted by Gasteiger charge is 2.32. The van der Waals surface area contributed by atoms with E-state index in [1.54, 1.807) is 10.6 Å². The lowest BCUT2D eigenvalue weighted by atomic mass is 10.2. The number of anilines is 1. The Morgan fingerprint density at radius 3 is 2.84 bits per heavy atom. The second kappa shape index (κ2) is 6.36. The second-order valence-corrected chi connectivity index (χ2v) is 6.66. The number of nitrogens with one attached hydrogen (secondary N) is 1. The molecule has 0 saturated heterocycles. The maximum atomic E-state index is 12.7. The van der Waals surface area contributed by atoms with Crippen molar-refractivity contribution in [2.75, 3.05) is 5.32 Å². The van der Waals surface area contributed by atoms with Crippen LogP contribution in [0.25, 0.3) is 11.0 Å². The van der Waals surface area contributed by atoms with Crippen LogP contribution in [0.5, 0.6) is 0 Å². The van der Waals surface area contributed by atoms with Crippen LogP contribution < -0.4 is 5.32 Å². The Morgan fingerprint density at radius 1 is 1.44 bits per heavy atom. The van der Waals surface area contributed by atoms with E-state index in [-0.39, 0.29) is 5.91 Å². The summed E-state index contributed by atoms with van der Waals surface area (Å²) in [5.41, 5.74) is 2.11. The number of halogens is 3. The van der Waals surface area contributed by atoms with Gasteiger partial charge in [-0.25, -0.2) is 4.98 Å². The third-order valence-corrected chi connectivity index (χ3v) is 4.75. The van der Waals surface area contributed by atoms with E-state index < -0.39 is 11.1 Å². The number of hydrogen-bond acceptors (Lipinski definition) is 3. The molecule has 3 heterocycles. The summed E-state index contributed by atoms with van der Waals surface area (Å²) in [4.78, 5) is 15.7. The van der Waals surface area contributed by atoms with Gasteiger partial charge in [0.15, 0.2) is 0 Å². The van der Waals surface area contributed by atoms with Crippen LogP contribution >= 0.6 is 11.3 Å². The summed E-state index contributed by atoms with van der Waals surface area (Å²) in [5, 5.41) is 3.47. The first kappa shape index (κ1) is 17.2. The highest BCUT2D eigenvalue weighted by molar-refractivity contribution is 7.12. The molecular formula is C17H14F3N3OS. The van der Waals surface area contributed by atoms with Gasteiger partial charge in [-0.05, 0) is 36.8 Å². The monoisotopic (exact) mass is 365 g/mol. The number of aryl methyl sites for hydroxylation is 1. The van der Waals surface area contributed by atoms with Gasteiger partial charge in [0.25, 0.3) is 0 Å². The molecule has 0 spiro atoms.